The van der Waals surface area contributed by atoms with Gasteiger partial charge in [0.1, 0.15) is 0 Å². The lowest BCUT2D eigenvalue weighted by Gasteiger charge is -2.09. The van der Waals surface area contributed by atoms with Crippen LogP contribution in [0.15, 0.2) is 60.7 Å². The van der Waals surface area contributed by atoms with Gasteiger partial charge in [-0.1, -0.05) is 54.1 Å². The van der Waals surface area contributed by atoms with Gasteiger partial charge in [-0.2, -0.15) is 0 Å². The van der Waals surface area contributed by atoms with E-state index in [9.17, 15) is 14.7 Å². The SMILES string of the molecule is O=C(Cc1ccc2ccccc2c1)Nc1cc(Cl)ccc1C(=O)O. The molecule has 0 aliphatic carbocycles. The molecule has 2 N–H and O–H groups in total. The van der Waals surface area contributed by atoms with E-state index in [-0.39, 0.29) is 23.6 Å². The summed E-state index contributed by atoms with van der Waals surface area (Å²) in [7, 11) is 0. The van der Waals surface area contributed by atoms with E-state index in [1.54, 1.807) is 0 Å². The summed E-state index contributed by atoms with van der Waals surface area (Å²) in [5.41, 5.74) is 1.05. The van der Waals surface area contributed by atoms with Crippen molar-refractivity contribution in [3.8, 4) is 0 Å². The van der Waals surface area contributed by atoms with E-state index in [2.05, 4.69) is 5.32 Å². The Morgan fingerprint density at radius 1 is 0.958 bits per heavy atom. The molecule has 3 rings (SSSR count). The number of hydrogen-bond donors (Lipinski definition) is 2. The Morgan fingerprint density at radius 3 is 2.46 bits per heavy atom. The zero-order valence-electron chi connectivity index (χ0n) is 12.6. The van der Waals surface area contributed by atoms with Crippen LogP contribution < -0.4 is 5.32 Å². The second-order valence-electron chi connectivity index (χ2n) is 5.40. The fourth-order valence-corrected chi connectivity index (χ4v) is 2.71. The second-order valence-corrected chi connectivity index (χ2v) is 5.84. The van der Waals surface area contributed by atoms with Gasteiger partial charge in [0, 0.05) is 5.02 Å². The number of amides is 1. The van der Waals surface area contributed by atoms with Gasteiger partial charge in [0.2, 0.25) is 5.91 Å². The van der Waals surface area contributed by atoms with Crippen LogP contribution in [0.1, 0.15) is 15.9 Å². The number of halogens is 1. The Morgan fingerprint density at radius 2 is 1.71 bits per heavy atom. The first-order chi connectivity index (χ1) is 11.5. The van der Waals surface area contributed by atoms with Crippen molar-refractivity contribution in [2.24, 2.45) is 0 Å². The summed E-state index contributed by atoms with van der Waals surface area (Å²) in [5.74, 6) is -1.41. The van der Waals surface area contributed by atoms with Gasteiger partial charge in [0.05, 0.1) is 17.7 Å². The zero-order chi connectivity index (χ0) is 17.1. The lowest BCUT2D eigenvalue weighted by molar-refractivity contribution is -0.115. The molecule has 3 aromatic carbocycles. The summed E-state index contributed by atoms with van der Waals surface area (Å²) >= 11 is 5.89. The van der Waals surface area contributed by atoms with Crippen molar-refractivity contribution in [1.29, 1.82) is 0 Å². The topological polar surface area (TPSA) is 66.4 Å². The van der Waals surface area contributed by atoms with E-state index in [4.69, 9.17) is 11.6 Å². The van der Waals surface area contributed by atoms with E-state index < -0.39 is 5.97 Å². The fraction of sp³-hybridized carbons (Fsp3) is 0.0526. The first kappa shape index (κ1) is 16.0. The molecule has 3 aromatic rings. The van der Waals surface area contributed by atoms with Crippen LogP contribution >= 0.6 is 11.6 Å². The zero-order valence-corrected chi connectivity index (χ0v) is 13.4. The van der Waals surface area contributed by atoms with Gasteiger partial charge in [-0.15, -0.1) is 0 Å². The van der Waals surface area contributed by atoms with E-state index in [1.165, 1.54) is 18.2 Å². The summed E-state index contributed by atoms with van der Waals surface area (Å²) in [6, 6.07) is 18.0. The fourth-order valence-electron chi connectivity index (χ4n) is 2.53. The number of aromatic carboxylic acids is 1. The highest BCUT2D eigenvalue weighted by Gasteiger charge is 2.13. The molecule has 24 heavy (non-hydrogen) atoms. The van der Waals surface area contributed by atoms with Crippen molar-refractivity contribution in [3.63, 3.8) is 0 Å². The second kappa shape index (κ2) is 6.72. The molecule has 0 heterocycles. The van der Waals surface area contributed by atoms with Crippen LogP contribution in [-0.4, -0.2) is 17.0 Å². The van der Waals surface area contributed by atoms with Gasteiger partial charge in [-0.25, -0.2) is 4.79 Å². The van der Waals surface area contributed by atoms with Crippen LogP contribution in [0.4, 0.5) is 5.69 Å². The number of fused-ring (bicyclic) bond motifs is 1. The minimum atomic E-state index is -1.12. The summed E-state index contributed by atoms with van der Waals surface area (Å²) in [4.78, 5) is 23.5. The first-order valence-corrected chi connectivity index (χ1v) is 7.71. The van der Waals surface area contributed by atoms with Crippen molar-refractivity contribution >= 4 is 39.9 Å². The minimum absolute atomic E-state index is 0.00580. The first-order valence-electron chi connectivity index (χ1n) is 7.33. The summed E-state index contributed by atoms with van der Waals surface area (Å²) in [5, 5.41) is 14.3. The van der Waals surface area contributed by atoms with Crippen molar-refractivity contribution in [1.82, 2.24) is 0 Å². The highest BCUT2D eigenvalue weighted by Crippen LogP contribution is 2.22. The van der Waals surface area contributed by atoms with Crippen molar-refractivity contribution in [2.45, 2.75) is 6.42 Å². The maximum atomic E-state index is 12.3. The number of nitrogens with one attached hydrogen (secondary N) is 1. The van der Waals surface area contributed by atoms with Crippen LogP contribution in [0.5, 0.6) is 0 Å². The van der Waals surface area contributed by atoms with E-state index in [1.807, 2.05) is 42.5 Å². The standard InChI is InChI=1S/C19H14ClNO3/c20-15-7-8-16(19(23)24)17(11-15)21-18(22)10-12-5-6-13-3-1-2-4-14(13)9-12/h1-9,11H,10H2,(H,21,22)(H,23,24). The largest absolute Gasteiger partial charge is 0.478 e. The van der Waals surface area contributed by atoms with Gasteiger partial charge in [0.15, 0.2) is 0 Å². The van der Waals surface area contributed by atoms with Gasteiger partial charge < -0.3 is 10.4 Å². The molecule has 0 aliphatic heterocycles. The number of carboxylic acids is 1. The van der Waals surface area contributed by atoms with Crippen LogP contribution in [0.2, 0.25) is 5.02 Å². The quantitative estimate of drug-likeness (QED) is 0.741. The molecule has 0 saturated carbocycles. The Kier molecular flexibility index (Phi) is 4.49. The Balaban J connectivity index is 1.80. The number of rotatable bonds is 4. The van der Waals surface area contributed by atoms with Crippen molar-refractivity contribution in [3.05, 3.63) is 76.8 Å². The average Bonchev–Trinajstić information content (AvgIpc) is 2.54. The molecule has 0 aromatic heterocycles. The van der Waals surface area contributed by atoms with Crippen LogP contribution in [0.3, 0.4) is 0 Å². The maximum absolute atomic E-state index is 12.3. The van der Waals surface area contributed by atoms with Crippen LogP contribution in [0.25, 0.3) is 10.8 Å². The third-order valence-corrected chi connectivity index (χ3v) is 3.90. The van der Waals surface area contributed by atoms with Crippen molar-refractivity contribution in [2.75, 3.05) is 5.32 Å². The molecule has 0 bridgehead atoms. The minimum Gasteiger partial charge on any atom is -0.478 e. The van der Waals surface area contributed by atoms with E-state index in [0.717, 1.165) is 16.3 Å². The highest BCUT2D eigenvalue weighted by molar-refractivity contribution is 6.31. The lowest BCUT2D eigenvalue weighted by Crippen LogP contribution is -2.16. The number of carboxylic acid groups (broad SMARTS) is 1. The molecule has 0 fully saturated rings. The Labute approximate surface area is 143 Å². The van der Waals surface area contributed by atoms with Crippen LogP contribution in [-0.2, 0) is 11.2 Å². The monoisotopic (exact) mass is 339 g/mol. The Hall–Kier alpha value is -2.85. The molecular formula is C19H14ClNO3. The van der Waals surface area contributed by atoms with E-state index >= 15 is 0 Å². The molecule has 0 unspecified atom stereocenters. The smallest absolute Gasteiger partial charge is 0.337 e. The molecule has 4 nitrogen and oxygen atoms in total. The molecule has 1 amide bonds. The maximum Gasteiger partial charge on any atom is 0.337 e. The average molecular weight is 340 g/mol. The lowest BCUT2D eigenvalue weighted by atomic mass is 10.0. The number of hydrogen-bond acceptors (Lipinski definition) is 2. The molecule has 0 atom stereocenters. The van der Waals surface area contributed by atoms with Gasteiger partial charge in [0.25, 0.3) is 0 Å². The summed E-state index contributed by atoms with van der Waals surface area (Å²) in [6.45, 7) is 0. The van der Waals surface area contributed by atoms with Crippen LogP contribution in [0, 0.1) is 0 Å². The molecule has 120 valence electrons. The predicted octanol–water partition coefficient (Wildman–Crippen LogP) is 4.37. The Bertz CT molecular complexity index is 937. The number of carbonyl (C=O) groups is 2. The number of benzene rings is 3. The molecule has 0 saturated heterocycles. The molecule has 0 aliphatic rings. The molecule has 0 spiro atoms. The van der Waals surface area contributed by atoms with Gasteiger partial charge >= 0.3 is 5.97 Å². The molecular weight excluding hydrogens is 326 g/mol. The number of anilines is 1. The summed E-state index contributed by atoms with van der Waals surface area (Å²) < 4.78 is 0. The normalized spacial score (nSPS) is 10.5. The summed E-state index contributed by atoms with van der Waals surface area (Å²) in [6.07, 6.45) is 0.149. The number of carbonyl (C=O) groups excluding carboxylic acids is 1. The third-order valence-electron chi connectivity index (χ3n) is 3.66. The van der Waals surface area contributed by atoms with Gasteiger partial charge in [-0.05, 0) is 34.5 Å². The van der Waals surface area contributed by atoms with E-state index in [0.29, 0.717) is 5.02 Å². The molecule has 5 heteroatoms. The predicted molar refractivity (Wildman–Crippen MR) is 94.7 cm³/mol. The molecule has 0 radical (unpaired) electrons. The van der Waals surface area contributed by atoms with Crippen molar-refractivity contribution < 1.29 is 14.7 Å². The highest BCUT2D eigenvalue weighted by atomic mass is 35.5. The van der Waals surface area contributed by atoms with Gasteiger partial charge in [-0.3, -0.25) is 4.79 Å². The third kappa shape index (κ3) is 3.55.